The van der Waals surface area contributed by atoms with Gasteiger partial charge in [0, 0.05) is 28.5 Å². The molecule has 0 N–H and O–H groups in total. The van der Waals surface area contributed by atoms with Gasteiger partial charge in [-0.25, -0.2) is 0 Å². The summed E-state index contributed by atoms with van der Waals surface area (Å²) in [4.78, 5) is 14.4. The Labute approximate surface area is 136 Å². The molecule has 0 saturated carbocycles. The molecule has 0 atom stereocenters. The average Bonchev–Trinajstić information content (AvgIpc) is 2.44. The SMILES string of the molecule is Cc1cc(Br)cc(C(=O)N2CCC(OCCBr)CC2)c1. The first kappa shape index (κ1) is 16.0. The fraction of sp³-hybridized carbons (Fsp3) is 0.533. The van der Waals surface area contributed by atoms with Crippen LogP contribution in [0.1, 0.15) is 28.8 Å². The van der Waals surface area contributed by atoms with Gasteiger partial charge in [0.05, 0.1) is 12.7 Å². The quantitative estimate of drug-likeness (QED) is 0.714. The molecule has 0 spiro atoms. The first-order valence-corrected chi connectivity index (χ1v) is 8.75. The number of benzene rings is 1. The highest BCUT2D eigenvalue weighted by molar-refractivity contribution is 9.10. The van der Waals surface area contributed by atoms with Gasteiger partial charge < -0.3 is 9.64 Å². The third-order valence-corrected chi connectivity index (χ3v) is 4.23. The van der Waals surface area contributed by atoms with Gasteiger partial charge >= 0.3 is 0 Å². The molecule has 0 radical (unpaired) electrons. The van der Waals surface area contributed by atoms with Crippen molar-refractivity contribution in [2.24, 2.45) is 0 Å². The number of alkyl halides is 1. The molecule has 3 nitrogen and oxygen atoms in total. The van der Waals surface area contributed by atoms with E-state index < -0.39 is 0 Å². The van der Waals surface area contributed by atoms with E-state index in [9.17, 15) is 4.79 Å². The van der Waals surface area contributed by atoms with E-state index in [1.165, 1.54) is 0 Å². The molecule has 1 aliphatic heterocycles. The van der Waals surface area contributed by atoms with Crippen LogP contribution in [0.25, 0.3) is 0 Å². The second kappa shape index (κ2) is 7.57. The third-order valence-electron chi connectivity index (χ3n) is 3.45. The summed E-state index contributed by atoms with van der Waals surface area (Å²) in [6, 6.07) is 5.85. The molecule has 2 rings (SSSR count). The van der Waals surface area contributed by atoms with E-state index in [2.05, 4.69) is 31.9 Å². The molecule has 0 unspecified atom stereocenters. The summed E-state index contributed by atoms with van der Waals surface area (Å²) in [5.74, 6) is 0.119. The normalized spacial score (nSPS) is 16.4. The molecular formula is C15H19Br2NO2. The van der Waals surface area contributed by atoms with E-state index in [1.54, 1.807) is 0 Å². The monoisotopic (exact) mass is 403 g/mol. The van der Waals surface area contributed by atoms with Gasteiger partial charge in [-0.05, 0) is 43.5 Å². The van der Waals surface area contributed by atoms with Crippen molar-refractivity contribution in [3.05, 3.63) is 33.8 Å². The molecular weight excluding hydrogens is 386 g/mol. The summed E-state index contributed by atoms with van der Waals surface area (Å²) >= 11 is 6.81. The van der Waals surface area contributed by atoms with Crippen molar-refractivity contribution in [2.75, 3.05) is 25.0 Å². The highest BCUT2D eigenvalue weighted by Gasteiger charge is 2.24. The second-order valence-corrected chi connectivity index (χ2v) is 6.78. The van der Waals surface area contributed by atoms with E-state index in [4.69, 9.17) is 4.74 Å². The summed E-state index contributed by atoms with van der Waals surface area (Å²) in [7, 11) is 0. The fourth-order valence-corrected chi connectivity index (χ4v) is 3.27. The number of amides is 1. The summed E-state index contributed by atoms with van der Waals surface area (Å²) < 4.78 is 6.67. The van der Waals surface area contributed by atoms with Crippen molar-refractivity contribution in [3.8, 4) is 0 Å². The molecule has 5 heteroatoms. The van der Waals surface area contributed by atoms with Crippen molar-refractivity contribution in [3.63, 3.8) is 0 Å². The van der Waals surface area contributed by atoms with E-state index in [1.807, 2.05) is 30.0 Å². The van der Waals surface area contributed by atoms with Crippen LogP contribution in [0.5, 0.6) is 0 Å². The molecule has 0 bridgehead atoms. The minimum Gasteiger partial charge on any atom is -0.377 e. The molecule has 110 valence electrons. The topological polar surface area (TPSA) is 29.5 Å². The standard InChI is InChI=1S/C15H19Br2NO2/c1-11-8-12(10-13(17)9-11)15(19)18-5-2-14(3-6-18)20-7-4-16/h8-10,14H,2-7H2,1H3. The maximum atomic E-state index is 12.5. The number of halogens is 2. The van der Waals surface area contributed by atoms with Crippen LogP contribution in [0.2, 0.25) is 0 Å². The van der Waals surface area contributed by atoms with Crippen molar-refractivity contribution in [2.45, 2.75) is 25.9 Å². The minimum absolute atomic E-state index is 0.119. The molecule has 0 aromatic heterocycles. The van der Waals surface area contributed by atoms with Gasteiger partial charge in [0.15, 0.2) is 0 Å². The molecule has 1 aromatic rings. The number of nitrogens with zero attached hydrogens (tertiary/aromatic N) is 1. The Bertz CT molecular complexity index is 451. The van der Waals surface area contributed by atoms with Gasteiger partial charge in [-0.2, -0.15) is 0 Å². The maximum absolute atomic E-state index is 12.5. The average molecular weight is 405 g/mol. The maximum Gasteiger partial charge on any atom is 0.253 e. The Balaban J connectivity index is 1.94. The zero-order valence-corrected chi connectivity index (χ0v) is 14.7. The first-order chi connectivity index (χ1) is 9.60. The minimum atomic E-state index is 0.119. The van der Waals surface area contributed by atoms with Gasteiger partial charge in [-0.1, -0.05) is 31.9 Å². The Morgan fingerprint density at radius 1 is 1.35 bits per heavy atom. The molecule has 1 saturated heterocycles. The van der Waals surface area contributed by atoms with Crippen molar-refractivity contribution in [1.29, 1.82) is 0 Å². The number of aryl methyl sites for hydroxylation is 1. The number of carbonyl (C=O) groups is 1. The summed E-state index contributed by atoms with van der Waals surface area (Å²) in [5, 5.41) is 0.865. The number of piperidine rings is 1. The van der Waals surface area contributed by atoms with Crippen molar-refractivity contribution < 1.29 is 9.53 Å². The van der Waals surface area contributed by atoms with E-state index in [0.717, 1.165) is 53.5 Å². The first-order valence-electron chi connectivity index (χ1n) is 6.84. The number of hydrogen-bond acceptors (Lipinski definition) is 2. The van der Waals surface area contributed by atoms with Gasteiger partial charge in [0.2, 0.25) is 0 Å². The van der Waals surface area contributed by atoms with Gasteiger partial charge in [0.25, 0.3) is 5.91 Å². The highest BCUT2D eigenvalue weighted by Crippen LogP contribution is 2.20. The smallest absolute Gasteiger partial charge is 0.253 e. The summed E-state index contributed by atoms with van der Waals surface area (Å²) in [5.41, 5.74) is 1.86. The van der Waals surface area contributed by atoms with Crippen LogP contribution < -0.4 is 0 Å². The summed E-state index contributed by atoms with van der Waals surface area (Å²) in [6.45, 7) is 4.29. The van der Waals surface area contributed by atoms with E-state index >= 15 is 0 Å². The van der Waals surface area contributed by atoms with Crippen molar-refractivity contribution in [1.82, 2.24) is 4.90 Å². The van der Waals surface area contributed by atoms with Crippen LogP contribution in [0.15, 0.2) is 22.7 Å². The highest BCUT2D eigenvalue weighted by atomic mass is 79.9. The lowest BCUT2D eigenvalue weighted by molar-refractivity contribution is 0.0160. The number of likely N-dealkylation sites (tertiary alicyclic amines) is 1. The molecule has 20 heavy (non-hydrogen) atoms. The molecule has 1 aliphatic rings. The van der Waals surface area contributed by atoms with Crippen LogP contribution in [-0.2, 0) is 4.74 Å². The van der Waals surface area contributed by atoms with E-state index in [-0.39, 0.29) is 5.91 Å². The van der Waals surface area contributed by atoms with E-state index in [0.29, 0.717) is 6.10 Å². The zero-order chi connectivity index (χ0) is 14.5. The van der Waals surface area contributed by atoms with Crippen LogP contribution in [0, 0.1) is 6.92 Å². The third kappa shape index (κ3) is 4.30. The lowest BCUT2D eigenvalue weighted by atomic mass is 10.1. The number of ether oxygens (including phenoxy) is 1. The van der Waals surface area contributed by atoms with Gasteiger partial charge in [0.1, 0.15) is 0 Å². The van der Waals surface area contributed by atoms with Crippen LogP contribution in [0.4, 0.5) is 0 Å². The Hall–Kier alpha value is -0.390. The lowest BCUT2D eigenvalue weighted by Gasteiger charge is -2.32. The molecule has 1 aromatic carbocycles. The Morgan fingerprint density at radius 2 is 2.05 bits per heavy atom. The van der Waals surface area contributed by atoms with Crippen LogP contribution in [-0.4, -0.2) is 41.9 Å². The fourth-order valence-electron chi connectivity index (χ4n) is 2.48. The molecule has 1 fully saturated rings. The number of carbonyl (C=O) groups excluding carboxylic acids is 1. The second-order valence-electron chi connectivity index (χ2n) is 5.07. The Morgan fingerprint density at radius 3 is 2.65 bits per heavy atom. The van der Waals surface area contributed by atoms with Crippen LogP contribution >= 0.6 is 31.9 Å². The van der Waals surface area contributed by atoms with Crippen LogP contribution in [0.3, 0.4) is 0 Å². The number of hydrogen-bond donors (Lipinski definition) is 0. The predicted molar refractivity (Wildman–Crippen MR) is 87.6 cm³/mol. The zero-order valence-electron chi connectivity index (χ0n) is 11.6. The van der Waals surface area contributed by atoms with Crippen molar-refractivity contribution >= 4 is 37.8 Å². The largest absolute Gasteiger partial charge is 0.377 e. The summed E-state index contributed by atoms with van der Waals surface area (Å²) in [6.07, 6.45) is 2.14. The Kier molecular flexibility index (Phi) is 6.05. The van der Waals surface area contributed by atoms with Gasteiger partial charge in [-0.3, -0.25) is 4.79 Å². The predicted octanol–water partition coefficient (Wildman–Crippen LogP) is 3.77. The number of rotatable bonds is 4. The molecule has 1 heterocycles. The van der Waals surface area contributed by atoms with Gasteiger partial charge in [-0.15, -0.1) is 0 Å². The molecule has 0 aliphatic carbocycles. The molecule has 1 amide bonds. The lowest BCUT2D eigenvalue weighted by Crippen LogP contribution is -2.41.